The van der Waals surface area contributed by atoms with Crippen molar-refractivity contribution >= 4 is 32.6 Å². The number of rotatable bonds is 5. The van der Waals surface area contributed by atoms with Crippen LogP contribution in [0.15, 0.2) is 65.7 Å². The fourth-order valence-corrected chi connectivity index (χ4v) is 5.93. The van der Waals surface area contributed by atoms with E-state index in [2.05, 4.69) is 4.98 Å². The van der Waals surface area contributed by atoms with E-state index in [-0.39, 0.29) is 27.9 Å². The summed E-state index contributed by atoms with van der Waals surface area (Å²) in [5.41, 5.74) is 0.659. The van der Waals surface area contributed by atoms with Crippen LogP contribution in [0, 0.1) is 0 Å². The minimum Gasteiger partial charge on any atom is -0.490 e. The number of likely N-dealkylation sites (N-methyl/N-ethyl adjacent to an activating group) is 1. The molecule has 0 saturated carbocycles. The minimum atomic E-state index is -4.69. The molecule has 2 aromatic carbocycles. The lowest BCUT2D eigenvalue weighted by atomic mass is 10.1. The number of hydrogen-bond acceptors (Lipinski definition) is 7. The highest BCUT2D eigenvalue weighted by Gasteiger charge is 2.34. The van der Waals surface area contributed by atoms with Crippen molar-refractivity contribution in [1.82, 2.24) is 8.96 Å². The number of carbonyl (C=O) groups is 1. The molecule has 0 amide bonds. The molecule has 198 valence electrons. The molecule has 1 aliphatic heterocycles. The summed E-state index contributed by atoms with van der Waals surface area (Å²) < 4.78 is 79.3. The number of carbonyl (C=O) groups excluding carboxylic acids is 1. The average molecular weight is 546 g/mol. The standard InChI is InChI=1S/C26H22F3N3O5S/c1-31-9-10-37-23-8-7-20(14-21(23)31)38(34,35)32-19(11-16-3-5-17(6-4-16)25(33)36-2)12-18-13-24(26(27,28)29)30-15-22(18)32/h3-8,12-15H,9-11H2,1-2H3. The molecule has 5 rings (SSSR count). The van der Waals surface area contributed by atoms with Crippen molar-refractivity contribution in [2.75, 3.05) is 32.2 Å². The van der Waals surface area contributed by atoms with Gasteiger partial charge in [0.25, 0.3) is 10.0 Å². The van der Waals surface area contributed by atoms with E-state index in [0.29, 0.717) is 35.7 Å². The molecule has 38 heavy (non-hydrogen) atoms. The third-order valence-electron chi connectivity index (χ3n) is 6.33. The lowest BCUT2D eigenvalue weighted by Crippen LogP contribution is -2.29. The summed E-state index contributed by atoms with van der Waals surface area (Å²) in [6, 6.07) is 13.0. The smallest absolute Gasteiger partial charge is 0.433 e. The summed E-state index contributed by atoms with van der Waals surface area (Å²) >= 11 is 0. The molecule has 0 N–H and O–H groups in total. The molecule has 3 heterocycles. The number of anilines is 1. The Balaban J connectivity index is 1.65. The van der Waals surface area contributed by atoms with Crippen LogP contribution in [0.1, 0.15) is 27.3 Å². The van der Waals surface area contributed by atoms with Crippen LogP contribution in [0.2, 0.25) is 0 Å². The fraction of sp³-hybridized carbons (Fsp3) is 0.231. The monoisotopic (exact) mass is 545 g/mol. The maximum Gasteiger partial charge on any atom is 0.433 e. The second kappa shape index (κ2) is 9.35. The van der Waals surface area contributed by atoms with E-state index in [1.54, 1.807) is 18.2 Å². The van der Waals surface area contributed by atoms with Crippen LogP contribution < -0.4 is 9.64 Å². The molecule has 0 radical (unpaired) electrons. The van der Waals surface area contributed by atoms with Gasteiger partial charge in [-0.3, -0.25) is 0 Å². The SMILES string of the molecule is COC(=O)c1ccc(Cc2cc3cc(C(F)(F)F)ncc3n2S(=O)(=O)c2ccc3c(c2)N(C)CCO3)cc1. The number of fused-ring (bicyclic) bond motifs is 2. The number of esters is 1. The molecule has 8 nitrogen and oxygen atoms in total. The van der Waals surface area contributed by atoms with Gasteiger partial charge in [0.2, 0.25) is 0 Å². The topological polar surface area (TPSA) is 90.7 Å². The van der Waals surface area contributed by atoms with Gasteiger partial charge >= 0.3 is 12.1 Å². The van der Waals surface area contributed by atoms with Gasteiger partial charge in [-0.2, -0.15) is 13.2 Å². The highest BCUT2D eigenvalue weighted by Crippen LogP contribution is 2.36. The lowest BCUT2D eigenvalue weighted by Gasteiger charge is -2.28. The fourth-order valence-electron chi connectivity index (χ4n) is 4.39. The lowest BCUT2D eigenvalue weighted by molar-refractivity contribution is -0.141. The van der Waals surface area contributed by atoms with Crippen LogP contribution in [-0.4, -0.2) is 50.7 Å². The first-order chi connectivity index (χ1) is 18.0. The number of alkyl halides is 3. The molecule has 0 aliphatic carbocycles. The Morgan fingerprint density at radius 3 is 2.53 bits per heavy atom. The van der Waals surface area contributed by atoms with E-state index in [4.69, 9.17) is 9.47 Å². The van der Waals surface area contributed by atoms with Gasteiger partial charge in [0.1, 0.15) is 18.1 Å². The summed E-state index contributed by atoms with van der Waals surface area (Å²) in [5, 5.41) is 0.0792. The van der Waals surface area contributed by atoms with Crippen molar-refractivity contribution in [3.05, 3.63) is 83.3 Å². The third-order valence-corrected chi connectivity index (χ3v) is 8.09. The summed E-state index contributed by atoms with van der Waals surface area (Å²) in [7, 11) is -1.19. The zero-order valence-electron chi connectivity index (χ0n) is 20.3. The van der Waals surface area contributed by atoms with Gasteiger partial charge in [-0.05, 0) is 48.0 Å². The highest BCUT2D eigenvalue weighted by atomic mass is 32.2. The van der Waals surface area contributed by atoms with E-state index < -0.39 is 27.9 Å². The zero-order valence-corrected chi connectivity index (χ0v) is 21.1. The van der Waals surface area contributed by atoms with Crippen molar-refractivity contribution in [3.8, 4) is 5.75 Å². The molecule has 2 aromatic heterocycles. The normalized spacial score (nSPS) is 13.8. The predicted octanol–water partition coefficient (Wildman–Crippen LogP) is 4.50. The molecule has 0 saturated heterocycles. The molecule has 0 bridgehead atoms. The number of benzene rings is 2. The van der Waals surface area contributed by atoms with Gasteiger partial charge in [-0.1, -0.05) is 12.1 Å². The number of nitrogens with zero attached hydrogens (tertiary/aromatic N) is 3. The first-order valence-electron chi connectivity index (χ1n) is 11.5. The van der Waals surface area contributed by atoms with Gasteiger partial charge in [0.05, 0.1) is 41.5 Å². The molecule has 0 spiro atoms. The highest BCUT2D eigenvalue weighted by molar-refractivity contribution is 7.90. The minimum absolute atomic E-state index is 0.0153. The second-order valence-electron chi connectivity index (χ2n) is 8.80. The second-order valence-corrected chi connectivity index (χ2v) is 10.6. The van der Waals surface area contributed by atoms with Crippen molar-refractivity contribution in [1.29, 1.82) is 0 Å². The Morgan fingerprint density at radius 2 is 1.84 bits per heavy atom. The molecule has 0 fully saturated rings. The average Bonchev–Trinajstić information content (AvgIpc) is 3.26. The van der Waals surface area contributed by atoms with Crippen molar-refractivity contribution in [3.63, 3.8) is 0 Å². The predicted molar refractivity (Wildman–Crippen MR) is 133 cm³/mol. The Bertz CT molecular complexity index is 1650. The first-order valence-corrected chi connectivity index (χ1v) is 12.9. The molecule has 0 atom stereocenters. The summed E-state index contributed by atoms with van der Waals surface area (Å²) in [4.78, 5) is 17.1. The number of pyridine rings is 1. The molecule has 0 unspecified atom stereocenters. The Labute approximate surface area is 216 Å². The summed E-state index contributed by atoms with van der Waals surface area (Å²) in [5.74, 6) is 0.0119. The van der Waals surface area contributed by atoms with Gasteiger partial charge in [-0.25, -0.2) is 22.2 Å². The first kappa shape index (κ1) is 25.6. The number of methoxy groups -OCH3 is 1. The van der Waals surface area contributed by atoms with Crippen LogP contribution >= 0.6 is 0 Å². The van der Waals surface area contributed by atoms with E-state index in [1.165, 1.54) is 37.4 Å². The number of ether oxygens (including phenoxy) is 2. The Morgan fingerprint density at radius 1 is 1.11 bits per heavy atom. The maximum atomic E-state index is 14.0. The summed E-state index contributed by atoms with van der Waals surface area (Å²) in [6.07, 6.45) is -3.71. The van der Waals surface area contributed by atoms with Crippen molar-refractivity contribution in [2.45, 2.75) is 17.5 Å². The maximum absolute atomic E-state index is 14.0. The van der Waals surface area contributed by atoms with Crippen molar-refractivity contribution in [2.24, 2.45) is 0 Å². The third kappa shape index (κ3) is 4.55. The molecular formula is C26H22F3N3O5S. The van der Waals surface area contributed by atoms with Crippen LogP contribution in [0.25, 0.3) is 10.9 Å². The molecule has 12 heteroatoms. The van der Waals surface area contributed by atoms with Crippen LogP contribution in [0.4, 0.5) is 18.9 Å². The largest absolute Gasteiger partial charge is 0.490 e. The van der Waals surface area contributed by atoms with Gasteiger partial charge in [-0.15, -0.1) is 0 Å². The van der Waals surface area contributed by atoms with Gasteiger partial charge in [0.15, 0.2) is 0 Å². The molecular weight excluding hydrogens is 523 g/mol. The zero-order chi connectivity index (χ0) is 27.2. The van der Waals surface area contributed by atoms with Crippen molar-refractivity contribution < 1.29 is 35.9 Å². The van der Waals surface area contributed by atoms with E-state index in [9.17, 15) is 26.4 Å². The van der Waals surface area contributed by atoms with Gasteiger partial charge in [0, 0.05) is 24.5 Å². The number of aromatic nitrogens is 2. The Hall–Kier alpha value is -4.06. The number of hydrogen-bond donors (Lipinski definition) is 0. The quantitative estimate of drug-likeness (QED) is 0.341. The Kier molecular flexibility index (Phi) is 6.30. The van der Waals surface area contributed by atoms with Crippen LogP contribution in [0.3, 0.4) is 0 Å². The van der Waals surface area contributed by atoms with Crippen LogP contribution in [0.5, 0.6) is 5.75 Å². The van der Waals surface area contributed by atoms with E-state index in [1.807, 2.05) is 11.9 Å². The number of halogens is 3. The van der Waals surface area contributed by atoms with Crippen LogP contribution in [-0.2, 0) is 27.4 Å². The van der Waals surface area contributed by atoms with Gasteiger partial charge < -0.3 is 14.4 Å². The summed E-state index contributed by atoms with van der Waals surface area (Å²) in [6.45, 7) is 1.03. The molecule has 1 aliphatic rings. The van der Waals surface area contributed by atoms with E-state index >= 15 is 0 Å². The molecule has 4 aromatic rings. The van der Waals surface area contributed by atoms with E-state index in [0.717, 1.165) is 16.2 Å².